The van der Waals surface area contributed by atoms with Gasteiger partial charge in [0.15, 0.2) is 0 Å². The number of aryl methyl sites for hydroxylation is 1. The van der Waals surface area contributed by atoms with Crippen molar-refractivity contribution >= 4 is 11.8 Å². The Hall–Kier alpha value is -2.23. The Labute approximate surface area is 112 Å². The van der Waals surface area contributed by atoms with Crippen molar-refractivity contribution in [1.82, 2.24) is 4.57 Å². The molecule has 0 amide bonds. The maximum absolute atomic E-state index is 11.8. The summed E-state index contributed by atoms with van der Waals surface area (Å²) in [6.07, 6.45) is 1.88. The van der Waals surface area contributed by atoms with Crippen LogP contribution in [-0.2, 0) is 11.3 Å². The Morgan fingerprint density at radius 2 is 2.00 bits per heavy atom. The van der Waals surface area contributed by atoms with Crippen LogP contribution in [0.5, 0.6) is 0 Å². The highest BCUT2D eigenvalue weighted by atomic mass is 16.5. The number of carbonyl (C=O) groups excluding carboxylic acids is 1. The third-order valence-corrected chi connectivity index (χ3v) is 2.98. The van der Waals surface area contributed by atoms with E-state index in [2.05, 4.69) is 0 Å². The first kappa shape index (κ1) is 13.2. The number of ether oxygens (including phenoxy) is 1. The number of nitrogen functional groups attached to an aromatic ring is 1. The van der Waals surface area contributed by atoms with Crippen LogP contribution < -0.4 is 5.73 Å². The molecular weight excluding hydrogens is 240 g/mol. The van der Waals surface area contributed by atoms with Gasteiger partial charge in [-0.2, -0.15) is 0 Å². The lowest BCUT2D eigenvalue weighted by atomic mass is 10.2. The van der Waals surface area contributed by atoms with Crippen LogP contribution in [-0.4, -0.2) is 17.1 Å². The monoisotopic (exact) mass is 258 g/mol. The van der Waals surface area contributed by atoms with Crippen LogP contribution in [0.1, 0.15) is 28.4 Å². The Bertz CT molecular complexity index is 573. The molecular formula is C15H18N2O2. The van der Waals surface area contributed by atoms with Crippen molar-refractivity contribution in [2.75, 3.05) is 12.3 Å². The molecule has 0 unspecified atom stereocenters. The maximum atomic E-state index is 11.8. The van der Waals surface area contributed by atoms with Gasteiger partial charge in [0.25, 0.3) is 0 Å². The Morgan fingerprint density at radius 3 is 2.63 bits per heavy atom. The van der Waals surface area contributed by atoms with Gasteiger partial charge >= 0.3 is 5.97 Å². The van der Waals surface area contributed by atoms with Gasteiger partial charge in [-0.15, -0.1) is 0 Å². The highest BCUT2D eigenvalue weighted by Gasteiger charge is 2.18. The minimum atomic E-state index is -0.357. The van der Waals surface area contributed by atoms with E-state index >= 15 is 0 Å². The molecule has 1 heterocycles. The summed E-state index contributed by atoms with van der Waals surface area (Å²) in [5.74, 6) is 0.101. The highest BCUT2D eigenvalue weighted by Crippen LogP contribution is 2.21. The second-order valence-corrected chi connectivity index (χ2v) is 4.41. The van der Waals surface area contributed by atoms with Gasteiger partial charge in [0.05, 0.1) is 6.61 Å². The topological polar surface area (TPSA) is 57.2 Å². The molecule has 0 aliphatic heterocycles. The molecule has 100 valence electrons. The third-order valence-electron chi connectivity index (χ3n) is 2.98. The lowest BCUT2D eigenvalue weighted by Crippen LogP contribution is -2.10. The molecule has 1 aromatic heterocycles. The van der Waals surface area contributed by atoms with Crippen LogP contribution in [0.4, 0.5) is 5.82 Å². The summed E-state index contributed by atoms with van der Waals surface area (Å²) in [5, 5.41) is 0. The van der Waals surface area contributed by atoms with Crippen LogP contribution >= 0.6 is 0 Å². The number of nitrogens with zero attached hydrogens (tertiary/aromatic N) is 1. The van der Waals surface area contributed by atoms with Gasteiger partial charge in [0.1, 0.15) is 11.4 Å². The summed E-state index contributed by atoms with van der Waals surface area (Å²) >= 11 is 0. The second kappa shape index (κ2) is 5.61. The first-order chi connectivity index (χ1) is 9.13. The molecule has 4 nitrogen and oxygen atoms in total. The Kier molecular flexibility index (Phi) is 3.90. The van der Waals surface area contributed by atoms with Crippen LogP contribution in [0.15, 0.2) is 36.5 Å². The molecule has 0 aliphatic carbocycles. The maximum Gasteiger partial charge on any atom is 0.342 e. The van der Waals surface area contributed by atoms with E-state index in [0.717, 1.165) is 11.1 Å². The van der Waals surface area contributed by atoms with Crippen molar-refractivity contribution in [1.29, 1.82) is 0 Å². The molecule has 0 radical (unpaired) electrons. The molecule has 0 aliphatic rings. The summed E-state index contributed by atoms with van der Waals surface area (Å²) in [7, 11) is 0. The number of nitrogens with two attached hydrogens (primary N) is 1. The Balaban J connectivity index is 2.29. The zero-order chi connectivity index (χ0) is 13.8. The van der Waals surface area contributed by atoms with Crippen molar-refractivity contribution in [3.63, 3.8) is 0 Å². The fourth-order valence-electron chi connectivity index (χ4n) is 2.09. The van der Waals surface area contributed by atoms with Crippen molar-refractivity contribution in [2.45, 2.75) is 20.4 Å². The van der Waals surface area contributed by atoms with E-state index in [1.54, 1.807) is 6.92 Å². The van der Waals surface area contributed by atoms with Gasteiger partial charge < -0.3 is 15.0 Å². The zero-order valence-corrected chi connectivity index (χ0v) is 11.2. The van der Waals surface area contributed by atoms with Crippen LogP contribution in [0.25, 0.3) is 0 Å². The van der Waals surface area contributed by atoms with Crippen LogP contribution in [0, 0.1) is 6.92 Å². The SMILES string of the molecule is CCOC(=O)c1c(C)cn(Cc2ccccc2)c1N. The van der Waals surface area contributed by atoms with E-state index in [9.17, 15) is 4.79 Å². The van der Waals surface area contributed by atoms with Gasteiger partial charge in [-0.25, -0.2) is 4.79 Å². The second-order valence-electron chi connectivity index (χ2n) is 4.41. The molecule has 1 aromatic carbocycles. The van der Waals surface area contributed by atoms with E-state index in [1.807, 2.05) is 48.0 Å². The van der Waals surface area contributed by atoms with Gasteiger partial charge in [-0.3, -0.25) is 0 Å². The number of carbonyl (C=O) groups is 1. The first-order valence-electron chi connectivity index (χ1n) is 6.29. The Morgan fingerprint density at radius 1 is 1.32 bits per heavy atom. The summed E-state index contributed by atoms with van der Waals surface area (Å²) in [6.45, 7) is 4.64. The molecule has 0 fully saturated rings. The minimum Gasteiger partial charge on any atom is -0.462 e. The molecule has 2 rings (SSSR count). The number of esters is 1. The molecule has 0 bridgehead atoms. The number of anilines is 1. The average Bonchev–Trinajstić information content (AvgIpc) is 2.66. The van der Waals surface area contributed by atoms with E-state index < -0.39 is 0 Å². The normalized spacial score (nSPS) is 10.4. The summed E-state index contributed by atoms with van der Waals surface area (Å²) in [6, 6.07) is 9.98. The van der Waals surface area contributed by atoms with E-state index in [4.69, 9.17) is 10.5 Å². The highest BCUT2D eigenvalue weighted by molar-refractivity contribution is 5.96. The number of rotatable bonds is 4. The smallest absolute Gasteiger partial charge is 0.342 e. The van der Waals surface area contributed by atoms with Crippen molar-refractivity contribution in [2.24, 2.45) is 0 Å². The molecule has 19 heavy (non-hydrogen) atoms. The van der Waals surface area contributed by atoms with Crippen molar-refractivity contribution < 1.29 is 9.53 Å². The average molecular weight is 258 g/mol. The van der Waals surface area contributed by atoms with Crippen molar-refractivity contribution in [3.05, 3.63) is 53.2 Å². The molecule has 0 spiro atoms. The predicted octanol–water partition coefficient (Wildman–Crippen LogP) is 2.60. The van der Waals surface area contributed by atoms with Crippen molar-refractivity contribution in [3.8, 4) is 0 Å². The quantitative estimate of drug-likeness (QED) is 0.858. The summed E-state index contributed by atoms with van der Waals surface area (Å²) in [4.78, 5) is 11.8. The number of hydrogen-bond donors (Lipinski definition) is 1. The fourth-order valence-corrected chi connectivity index (χ4v) is 2.09. The largest absolute Gasteiger partial charge is 0.462 e. The zero-order valence-electron chi connectivity index (χ0n) is 11.2. The molecule has 4 heteroatoms. The third kappa shape index (κ3) is 2.78. The standard InChI is InChI=1S/C15H18N2O2/c1-3-19-15(18)13-11(2)9-17(14(13)16)10-12-7-5-4-6-8-12/h4-9H,3,10,16H2,1-2H3. The molecule has 0 saturated carbocycles. The van der Waals surface area contributed by atoms with Crippen LogP contribution in [0.3, 0.4) is 0 Å². The predicted molar refractivity (Wildman–Crippen MR) is 75.1 cm³/mol. The van der Waals surface area contributed by atoms with Crippen LogP contribution in [0.2, 0.25) is 0 Å². The molecule has 2 N–H and O–H groups in total. The van der Waals surface area contributed by atoms with Gasteiger partial charge in [-0.05, 0) is 25.0 Å². The first-order valence-corrected chi connectivity index (χ1v) is 6.29. The molecule has 0 saturated heterocycles. The molecule has 2 aromatic rings. The van der Waals surface area contributed by atoms with E-state index in [-0.39, 0.29) is 5.97 Å². The van der Waals surface area contributed by atoms with Gasteiger partial charge in [0, 0.05) is 12.7 Å². The minimum absolute atomic E-state index is 0.349. The van der Waals surface area contributed by atoms with Gasteiger partial charge in [0.2, 0.25) is 0 Å². The lowest BCUT2D eigenvalue weighted by Gasteiger charge is -2.07. The number of aromatic nitrogens is 1. The van der Waals surface area contributed by atoms with E-state index in [0.29, 0.717) is 24.5 Å². The number of hydrogen-bond acceptors (Lipinski definition) is 3. The summed E-state index contributed by atoms with van der Waals surface area (Å²) < 4.78 is 6.89. The summed E-state index contributed by atoms with van der Waals surface area (Å²) in [5.41, 5.74) is 8.49. The number of benzene rings is 1. The fraction of sp³-hybridized carbons (Fsp3) is 0.267. The van der Waals surface area contributed by atoms with Gasteiger partial charge in [-0.1, -0.05) is 30.3 Å². The molecule has 0 atom stereocenters. The van der Waals surface area contributed by atoms with E-state index in [1.165, 1.54) is 0 Å². The lowest BCUT2D eigenvalue weighted by molar-refractivity contribution is 0.0527.